The van der Waals surface area contributed by atoms with Gasteiger partial charge in [0.05, 0.1) is 6.04 Å². The van der Waals surface area contributed by atoms with Crippen LogP contribution in [0.5, 0.6) is 0 Å². The van der Waals surface area contributed by atoms with Crippen molar-refractivity contribution in [1.29, 1.82) is 0 Å². The first-order valence-corrected chi connectivity index (χ1v) is 5.45. The molecular formula is C11H16ClFN2O2. The molecule has 1 unspecified atom stereocenters. The highest BCUT2D eigenvalue weighted by Gasteiger charge is 2.21. The lowest BCUT2D eigenvalue weighted by molar-refractivity contribution is -0.122. The minimum Gasteiger partial charge on any atom is -0.354 e. The van der Waals surface area contributed by atoms with Crippen LogP contribution in [-0.2, 0) is 15.9 Å². The molecule has 6 heteroatoms. The van der Waals surface area contributed by atoms with Gasteiger partial charge in [-0.2, -0.15) is 0 Å². The molecule has 0 saturated heterocycles. The molecule has 1 atom stereocenters. The van der Waals surface area contributed by atoms with Crippen molar-refractivity contribution in [2.45, 2.75) is 18.8 Å². The standard InChI is InChI=1S/C11H16ClFN2O2/c1-16-11(17-2)10(15-14)6-7-5-8(13)3-4-9(7)12/h3-5,10-11,15H,6,14H2,1-2H3. The Morgan fingerprint density at radius 1 is 1.41 bits per heavy atom. The largest absolute Gasteiger partial charge is 0.354 e. The highest BCUT2D eigenvalue weighted by Crippen LogP contribution is 2.19. The van der Waals surface area contributed by atoms with Crippen LogP contribution in [0.1, 0.15) is 5.56 Å². The number of halogens is 2. The fourth-order valence-electron chi connectivity index (χ4n) is 1.60. The maximum atomic E-state index is 13.1. The normalized spacial score (nSPS) is 13.1. The van der Waals surface area contributed by atoms with Gasteiger partial charge in [-0.1, -0.05) is 11.6 Å². The van der Waals surface area contributed by atoms with E-state index in [0.29, 0.717) is 17.0 Å². The third-order valence-corrected chi connectivity index (χ3v) is 2.82. The Kier molecular flexibility index (Phi) is 5.80. The molecule has 0 saturated carbocycles. The maximum absolute atomic E-state index is 13.1. The molecule has 4 nitrogen and oxygen atoms in total. The number of rotatable bonds is 6. The van der Waals surface area contributed by atoms with Crippen molar-refractivity contribution in [2.75, 3.05) is 14.2 Å². The summed E-state index contributed by atoms with van der Waals surface area (Å²) in [6.07, 6.45) is -0.126. The minimum atomic E-state index is -0.528. The van der Waals surface area contributed by atoms with Gasteiger partial charge in [0, 0.05) is 19.2 Å². The number of hydrazine groups is 1. The number of benzene rings is 1. The number of hydrogen-bond acceptors (Lipinski definition) is 4. The van der Waals surface area contributed by atoms with Gasteiger partial charge in [-0.05, 0) is 30.2 Å². The third kappa shape index (κ3) is 3.90. The monoisotopic (exact) mass is 262 g/mol. The van der Waals surface area contributed by atoms with Crippen LogP contribution in [0.15, 0.2) is 18.2 Å². The topological polar surface area (TPSA) is 56.5 Å². The van der Waals surface area contributed by atoms with Crippen molar-refractivity contribution in [3.8, 4) is 0 Å². The fourth-order valence-corrected chi connectivity index (χ4v) is 1.79. The minimum absolute atomic E-state index is 0.315. The SMILES string of the molecule is COC(OC)C(Cc1cc(F)ccc1Cl)NN. The molecule has 0 fully saturated rings. The van der Waals surface area contributed by atoms with Crippen molar-refractivity contribution in [3.05, 3.63) is 34.6 Å². The van der Waals surface area contributed by atoms with E-state index in [0.717, 1.165) is 0 Å². The average Bonchev–Trinajstić information content (AvgIpc) is 2.33. The predicted octanol–water partition coefficient (Wildman–Crippen LogP) is 1.47. The first-order valence-electron chi connectivity index (χ1n) is 5.08. The van der Waals surface area contributed by atoms with Gasteiger partial charge < -0.3 is 9.47 Å². The molecule has 0 aliphatic rings. The van der Waals surface area contributed by atoms with E-state index in [2.05, 4.69) is 5.43 Å². The molecule has 1 rings (SSSR count). The summed E-state index contributed by atoms with van der Waals surface area (Å²) in [4.78, 5) is 0. The molecule has 0 radical (unpaired) electrons. The Labute approximate surface area is 105 Å². The Bertz CT molecular complexity index is 361. The van der Waals surface area contributed by atoms with Gasteiger partial charge >= 0.3 is 0 Å². The summed E-state index contributed by atoms with van der Waals surface area (Å²) < 4.78 is 23.3. The number of nitrogens with two attached hydrogens (primary N) is 1. The van der Waals surface area contributed by atoms with Crippen molar-refractivity contribution >= 4 is 11.6 Å². The van der Waals surface area contributed by atoms with Crippen LogP contribution < -0.4 is 11.3 Å². The van der Waals surface area contributed by atoms with E-state index in [1.807, 2.05) is 0 Å². The van der Waals surface area contributed by atoms with E-state index in [1.54, 1.807) is 0 Å². The Morgan fingerprint density at radius 2 is 2.06 bits per heavy atom. The summed E-state index contributed by atoms with van der Waals surface area (Å²) in [7, 11) is 3.01. The summed E-state index contributed by atoms with van der Waals surface area (Å²) in [5, 5.41) is 0.484. The highest BCUT2D eigenvalue weighted by molar-refractivity contribution is 6.31. The summed E-state index contributed by atoms with van der Waals surface area (Å²) in [6, 6.07) is 3.87. The molecule has 0 aliphatic heterocycles. The molecular weight excluding hydrogens is 247 g/mol. The van der Waals surface area contributed by atoms with Crippen molar-refractivity contribution in [2.24, 2.45) is 5.84 Å². The molecule has 17 heavy (non-hydrogen) atoms. The second-order valence-electron chi connectivity index (χ2n) is 3.55. The number of ether oxygens (including phenoxy) is 2. The first-order chi connectivity index (χ1) is 8.12. The molecule has 0 aromatic heterocycles. The van der Waals surface area contributed by atoms with Gasteiger partial charge in [-0.15, -0.1) is 0 Å². The van der Waals surface area contributed by atoms with Crippen LogP contribution >= 0.6 is 11.6 Å². The quantitative estimate of drug-likeness (QED) is 0.463. The van der Waals surface area contributed by atoms with E-state index in [9.17, 15) is 4.39 Å². The van der Waals surface area contributed by atoms with Gasteiger partial charge in [0.25, 0.3) is 0 Å². The van der Waals surface area contributed by atoms with Gasteiger partial charge in [-0.25, -0.2) is 4.39 Å². The zero-order chi connectivity index (χ0) is 12.8. The number of methoxy groups -OCH3 is 2. The molecule has 0 spiro atoms. The van der Waals surface area contributed by atoms with Crippen LogP contribution in [-0.4, -0.2) is 26.6 Å². The van der Waals surface area contributed by atoms with E-state index in [-0.39, 0.29) is 11.9 Å². The van der Waals surface area contributed by atoms with E-state index in [1.165, 1.54) is 32.4 Å². The van der Waals surface area contributed by atoms with Gasteiger partial charge in [0.15, 0.2) is 6.29 Å². The molecule has 96 valence electrons. The summed E-state index contributed by atoms with van der Waals surface area (Å²) in [5.74, 6) is 5.07. The van der Waals surface area contributed by atoms with Crippen LogP contribution in [0.4, 0.5) is 4.39 Å². The van der Waals surface area contributed by atoms with Crippen molar-refractivity contribution in [3.63, 3.8) is 0 Å². The first kappa shape index (κ1) is 14.3. The van der Waals surface area contributed by atoms with Gasteiger partial charge in [0.2, 0.25) is 0 Å². The Morgan fingerprint density at radius 3 is 2.59 bits per heavy atom. The molecule has 0 heterocycles. The Hall–Kier alpha value is -0.720. The highest BCUT2D eigenvalue weighted by atomic mass is 35.5. The van der Waals surface area contributed by atoms with Crippen LogP contribution in [0.25, 0.3) is 0 Å². The van der Waals surface area contributed by atoms with E-state index < -0.39 is 6.29 Å². The number of nitrogens with one attached hydrogen (secondary N) is 1. The predicted molar refractivity (Wildman–Crippen MR) is 64.0 cm³/mol. The van der Waals surface area contributed by atoms with E-state index >= 15 is 0 Å². The summed E-state index contributed by atoms with van der Waals surface area (Å²) in [6.45, 7) is 0. The Balaban J connectivity index is 2.83. The molecule has 1 aromatic rings. The lowest BCUT2D eigenvalue weighted by atomic mass is 10.1. The molecule has 0 aliphatic carbocycles. The molecule has 3 N–H and O–H groups in total. The summed E-state index contributed by atoms with van der Waals surface area (Å²) >= 11 is 5.97. The van der Waals surface area contributed by atoms with Crippen LogP contribution in [0.3, 0.4) is 0 Å². The zero-order valence-corrected chi connectivity index (χ0v) is 10.5. The van der Waals surface area contributed by atoms with Gasteiger partial charge in [0.1, 0.15) is 5.82 Å². The van der Waals surface area contributed by atoms with Gasteiger partial charge in [-0.3, -0.25) is 11.3 Å². The second kappa shape index (κ2) is 6.88. The number of hydrogen-bond donors (Lipinski definition) is 2. The lowest BCUT2D eigenvalue weighted by Gasteiger charge is -2.24. The molecule has 0 bridgehead atoms. The lowest BCUT2D eigenvalue weighted by Crippen LogP contribution is -2.47. The van der Waals surface area contributed by atoms with E-state index in [4.69, 9.17) is 26.9 Å². The molecule has 1 aromatic carbocycles. The summed E-state index contributed by atoms with van der Waals surface area (Å²) in [5.41, 5.74) is 3.22. The van der Waals surface area contributed by atoms with Crippen LogP contribution in [0.2, 0.25) is 5.02 Å². The molecule has 0 amide bonds. The van der Waals surface area contributed by atoms with Crippen molar-refractivity contribution in [1.82, 2.24) is 5.43 Å². The zero-order valence-electron chi connectivity index (χ0n) is 9.74. The third-order valence-electron chi connectivity index (χ3n) is 2.45. The second-order valence-corrected chi connectivity index (χ2v) is 3.96. The van der Waals surface area contributed by atoms with Crippen molar-refractivity contribution < 1.29 is 13.9 Å². The average molecular weight is 263 g/mol. The maximum Gasteiger partial charge on any atom is 0.173 e. The van der Waals surface area contributed by atoms with Crippen LogP contribution in [0, 0.1) is 5.82 Å². The fraction of sp³-hybridized carbons (Fsp3) is 0.455. The smallest absolute Gasteiger partial charge is 0.173 e.